The van der Waals surface area contributed by atoms with Crippen LogP contribution in [0.3, 0.4) is 0 Å². The molecular formula is C11H11ClNO5S-. The van der Waals surface area contributed by atoms with Gasteiger partial charge in [-0.1, -0.05) is 11.6 Å². The highest BCUT2D eigenvalue weighted by Gasteiger charge is 2.40. The Morgan fingerprint density at radius 2 is 1.95 bits per heavy atom. The SMILES string of the molecule is O=C([O-])[C@@H]1C[C@H](O)CN1S(=O)(=O)c1ccc(Cl)cc1. The number of aliphatic hydroxyl groups is 1. The number of sulfonamides is 1. The molecular weight excluding hydrogens is 294 g/mol. The number of carbonyl (C=O) groups is 1. The normalized spacial score (nSPS) is 24.5. The average molecular weight is 305 g/mol. The number of aliphatic carboxylic acids is 1. The Bertz CT molecular complexity index is 586. The predicted molar refractivity (Wildman–Crippen MR) is 64.8 cm³/mol. The van der Waals surface area contributed by atoms with Crippen LogP contribution in [0.2, 0.25) is 5.02 Å². The number of rotatable bonds is 3. The molecule has 2 atom stereocenters. The predicted octanol–water partition coefficient (Wildman–Crippen LogP) is -0.786. The molecule has 2 rings (SSSR count). The molecule has 0 radical (unpaired) electrons. The smallest absolute Gasteiger partial charge is 0.243 e. The third kappa shape index (κ3) is 2.74. The molecule has 1 saturated heterocycles. The van der Waals surface area contributed by atoms with Crippen LogP contribution in [0.5, 0.6) is 0 Å². The lowest BCUT2D eigenvalue weighted by Crippen LogP contribution is -2.46. The van der Waals surface area contributed by atoms with Crippen LogP contribution in [0, 0.1) is 0 Å². The topological polar surface area (TPSA) is 97.7 Å². The first kappa shape index (κ1) is 14.3. The molecule has 0 spiro atoms. The summed E-state index contributed by atoms with van der Waals surface area (Å²) in [7, 11) is -3.99. The van der Waals surface area contributed by atoms with Crippen LogP contribution in [0.1, 0.15) is 6.42 Å². The summed E-state index contributed by atoms with van der Waals surface area (Å²) in [6.07, 6.45) is -1.18. The zero-order chi connectivity index (χ0) is 14.2. The van der Waals surface area contributed by atoms with E-state index in [0.717, 1.165) is 4.31 Å². The van der Waals surface area contributed by atoms with E-state index in [4.69, 9.17) is 11.6 Å². The third-order valence-electron chi connectivity index (χ3n) is 2.93. The lowest BCUT2D eigenvalue weighted by molar-refractivity contribution is -0.309. The number of hydrogen-bond donors (Lipinski definition) is 1. The zero-order valence-electron chi connectivity index (χ0n) is 9.69. The van der Waals surface area contributed by atoms with Gasteiger partial charge < -0.3 is 15.0 Å². The lowest BCUT2D eigenvalue weighted by Gasteiger charge is -2.24. The minimum Gasteiger partial charge on any atom is -0.548 e. The first-order chi connectivity index (χ1) is 8.82. The van der Waals surface area contributed by atoms with Crippen molar-refractivity contribution in [2.45, 2.75) is 23.5 Å². The molecule has 1 fully saturated rings. The van der Waals surface area contributed by atoms with Crippen LogP contribution in [0.25, 0.3) is 0 Å². The fraction of sp³-hybridized carbons (Fsp3) is 0.364. The minimum absolute atomic E-state index is 0.0720. The van der Waals surface area contributed by atoms with Crippen molar-refractivity contribution in [3.8, 4) is 0 Å². The molecule has 1 N–H and O–H groups in total. The van der Waals surface area contributed by atoms with Gasteiger partial charge in [-0.15, -0.1) is 0 Å². The van der Waals surface area contributed by atoms with Crippen molar-refractivity contribution in [3.05, 3.63) is 29.3 Å². The van der Waals surface area contributed by atoms with Crippen molar-refractivity contribution in [1.29, 1.82) is 0 Å². The van der Waals surface area contributed by atoms with Crippen LogP contribution >= 0.6 is 11.6 Å². The lowest BCUT2D eigenvalue weighted by atomic mass is 10.2. The molecule has 0 amide bonds. The number of hydrogen-bond acceptors (Lipinski definition) is 5. The van der Waals surface area contributed by atoms with Gasteiger partial charge in [0.15, 0.2) is 0 Å². The average Bonchev–Trinajstić information content (AvgIpc) is 2.73. The molecule has 1 heterocycles. The van der Waals surface area contributed by atoms with E-state index in [2.05, 4.69) is 0 Å². The summed E-state index contributed by atoms with van der Waals surface area (Å²) in [6.45, 7) is -0.260. The van der Waals surface area contributed by atoms with Crippen molar-refractivity contribution in [1.82, 2.24) is 4.31 Å². The van der Waals surface area contributed by atoms with Gasteiger partial charge in [0.25, 0.3) is 0 Å². The van der Waals surface area contributed by atoms with Gasteiger partial charge in [-0.05, 0) is 30.7 Å². The van der Waals surface area contributed by atoms with Gasteiger partial charge in [0.1, 0.15) is 0 Å². The van der Waals surface area contributed by atoms with Gasteiger partial charge in [0.05, 0.1) is 23.0 Å². The summed E-state index contributed by atoms with van der Waals surface area (Å²) in [5.41, 5.74) is 0. The van der Waals surface area contributed by atoms with Gasteiger partial charge in [-0.25, -0.2) is 8.42 Å². The minimum atomic E-state index is -3.99. The molecule has 19 heavy (non-hydrogen) atoms. The molecule has 0 unspecified atom stereocenters. The number of nitrogens with zero attached hydrogens (tertiary/aromatic N) is 1. The van der Waals surface area contributed by atoms with Gasteiger partial charge in [-0.2, -0.15) is 4.31 Å². The van der Waals surface area contributed by atoms with Crippen molar-refractivity contribution in [2.75, 3.05) is 6.54 Å². The summed E-state index contributed by atoms with van der Waals surface area (Å²) in [6, 6.07) is 4.02. The first-order valence-corrected chi connectivity index (χ1v) is 7.30. The van der Waals surface area contributed by atoms with Crippen LogP contribution in [-0.2, 0) is 14.8 Å². The zero-order valence-corrected chi connectivity index (χ0v) is 11.3. The van der Waals surface area contributed by atoms with E-state index in [9.17, 15) is 23.4 Å². The summed E-state index contributed by atoms with van der Waals surface area (Å²) >= 11 is 5.67. The van der Waals surface area contributed by atoms with Crippen molar-refractivity contribution >= 4 is 27.6 Å². The number of carboxylic acids is 1. The number of β-amino-alcohol motifs (C(OH)–C–C–N with tert-alkyl or cyclic N) is 1. The van der Waals surface area contributed by atoms with E-state index in [1.807, 2.05) is 0 Å². The Balaban J connectivity index is 2.38. The van der Waals surface area contributed by atoms with Crippen molar-refractivity contribution in [3.63, 3.8) is 0 Å². The van der Waals surface area contributed by atoms with Crippen LogP contribution in [-0.4, -0.2) is 42.5 Å². The highest BCUT2D eigenvalue weighted by molar-refractivity contribution is 7.89. The highest BCUT2D eigenvalue weighted by Crippen LogP contribution is 2.26. The van der Waals surface area contributed by atoms with Crippen molar-refractivity contribution < 1.29 is 23.4 Å². The number of aliphatic hydroxyl groups excluding tert-OH is 1. The van der Waals surface area contributed by atoms with Crippen LogP contribution in [0.4, 0.5) is 0 Å². The van der Waals surface area contributed by atoms with E-state index in [-0.39, 0.29) is 17.9 Å². The molecule has 0 saturated carbocycles. The van der Waals surface area contributed by atoms with Crippen molar-refractivity contribution in [2.24, 2.45) is 0 Å². The maximum absolute atomic E-state index is 12.3. The fourth-order valence-electron chi connectivity index (χ4n) is 2.01. The van der Waals surface area contributed by atoms with Gasteiger partial charge in [0, 0.05) is 11.6 Å². The molecule has 104 valence electrons. The fourth-order valence-corrected chi connectivity index (χ4v) is 3.76. The Labute approximate surface area is 115 Å². The van der Waals surface area contributed by atoms with Crippen LogP contribution < -0.4 is 5.11 Å². The Kier molecular flexibility index (Phi) is 3.82. The van der Waals surface area contributed by atoms with E-state index in [1.54, 1.807) is 0 Å². The largest absolute Gasteiger partial charge is 0.548 e. The van der Waals surface area contributed by atoms with Gasteiger partial charge >= 0.3 is 0 Å². The molecule has 1 aromatic carbocycles. The molecule has 1 aliphatic heterocycles. The Morgan fingerprint density at radius 3 is 2.47 bits per heavy atom. The summed E-state index contributed by atoms with van der Waals surface area (Å²) < 4.78 is 25.3. The van der Waals surface area contributed by atoms with Gasteiger partial charge in [0.2, 0.25) is 10.0 Å². The Morgan fingerprint density at radius 1 is 1.37 bits per heavy atom. The van der Waals surface area contributed by atoms with E-state index in [0.29, 0.717) is 5.02 Å². The molecule has 0 aromatic heterocycles. The second-order valence-corrected chi connectivity index (χ2v) is 6.58. The number of carbonyl (C=O) groups excluding carboxylic acids is 1. The third-order valence-corrected chi connectivity index (χ3v) is 5.07. The summed E-state index contributed by atoms with van der Waals surface area (Å²) in [5.74, 6) is -1.52. The highest BCUT2D eigenvalue weighted by atomic mass is 35.5. The Hall–Kier alpha value is -1.15. The second kappa shape index (κ2) is 5.09. The molecule has 1 aromatic rings. The maximum atomic E-state index is 12.3. The monoisotopic (exact) mass is 304 g/mol. The summed E-state index contributed by atoms with van der Waals surface area (Å²) in [4.78, 5) is 10.9. The number of benzene rings is 1. The van der Waals surface area contributed by atoms with E-state index < -0.39 is 28.1 Å². The molecule has 8 heteroatoms. The second-order valence-electron chi connectivity index (χ2n) is 4.25. The maximum Gasteiger partial charge on any atom is 0.243 e. The quantitative estimate of drug-likeness (QED) is 0.789. The standard InChI is InChI=1S/C11H12ClNO5S/c12-7-1-3-9(4-2-7)19(17,18)13-6-8(14)5-10(13)11(15)16/h1-4,8,10,14H,5-6H2,(H,15,16)/p-1/t8-,10-/m0/s1. The number of carboxylic acid groups (broad SMARTS) is 1. The molecule has 0 aliphatic carbocycles. The molecule has 6 nitrogen and oxygen atoms in total. The summed E-state index contributed by atoms with van der Waals surface area (Å²) in [5, 5.41) is 20.8. The molecule has 1 aliphatic rings. The van der Waals surface area contributed by atoms with Crippen LogP contribution in [0.15, 0.2) is 29.2 Å². The van der Waals surface area contributed by atoms with E-state index in [1.165, 1.54) is 24.3 Å². The first-order valence-electron chi connectivity index (χ1n) is 5.48. The molecule has 0 bridgehead atoms. The van der Waals surface area contributed by atoms with E-state index >= 15 is 0 Å². The van der Waals surface area contributed by atoms with Gasteiger partial charge in [-0.3, -0.25) is 0 Å². The number of halogens is 1.